The number of amides is 1. The van der Waals surface area contributed by atoms with Crippen LogP contribution in [0.15, 0.2) is 60.8 Å². The molecule has 2 aromatic carbocycles. The van der Waals surface area contributed by atoms with Gasteiger partial charge in [-0.2, -0.15) is 5.10 Å². The Kier molecular flexibility index (Phi) is 4.56. The van der Waals surface area contributed by atoms with Gasteiger partial charge in [0, 0.05) is 36.5 Å². The molecule has 7 heteroatoms. The van der Waals surface area contributed by atoms with Crippen LogP contribution >= 0.6 is 0 Å². The van der Waals surface area contributed by atoms with Crippen molar-refractivity contribution in [3.05, 3.63) is 76.5 Å². The molecule has 0 unspecified atom stereocenters. The highest BCUT2D eigenvalue weighted by Gasteiger charge is 2.16. The molecule has 0 bridgehead atoms. The summed E-state index contributed by atoms with van der Waals surface area (Å²) < 4.78 is 1.70. The van der Waals surface area contributed by atoms with Crippen LogP contribution in [0.4, 0.5) is 5.69 Å². The maximum absolute atomic E-state index is 11.8. The first-order valence-corrected chi connectivity index (χ1v) is 7.68. The zero-order valence-corrected chi connectivity index (χ0v) is 13.5. The first-order chi connectivity index (χ1) is 12.1. The Bertz CT molecular complexity index is 902. The Hall–Kier alpha value is -3.48. The van der Waals surface area contributed by atoms with Crippen LogP contribution in [0.2, 0.25) is 0 Å². The van der Waals surface area contributed by atoms with Crippen LogP contribution in [0.3, 0.4) is 0 Å². The molecule has 7 nitrogen and oxygen atoms in total. The number of nitrogens with zero attached hydrogens (tertiary/aromatic N) is 3. The quantitative estimate of drug-likeness (QED) is 0.573. The molecule has 1 amide bonds. The SMILES string of the molecule is CNC(=O)Cc1cn(-c2ccccc2)nc1-c1ccc([N+](=O)[O-])cc1. The molecule has 0 aliphatic carbocycles. The lowest BCUT2D eigenvalue weighted by atomic mass is 10.1. The Morgan fingerprint density at radius 1 is 1.16 bits per heavy atom. The minimum atomic E-state index is -0.447. The average molecular weight is 336 g/mol. The normalized spacial score (nSPS) is 10.4. The smallest absolute Gasteiger partial charge is 0.269 e. The van der Waals surface area contributed by atoms with Crippen molar-refractivity contribution >= 4 is 11.6 Å². The number of hydrogen-bond donors (Lipinski definition) is 1. The highest BCUT2D eigenvalue weighted by Crippen LogP contribution is 2.26. The molecule has 0 fully saturated rings. The second kappa shape index (κ2) is 6.96. The molecule has 0 aliphatic rings. The Morgan fingerprint density at radius 2 is 1.84 bits per heavy atom. The van der Waals surface area contributed by atoms with Crippen LogP contribution in [0.5, 0.6) is 0 Å². The molecule has 0 spiro atoms. The summed E-state index contributed by atoms with van der Waals surface area (Å²) in [6, 6.07) is 15.7. The van der Waals surface area contributed by atoms with E-state index in [1.165, 1.54) is 12.1 Å². The van der Waals surface area contributed by atoms with Gasteiger partial charge in [0.15, 0.2) is 0 Å². The van der Waals surface area contributed by atoms with Crippen LogP contribution in [0.25, 0.3) is 16.9 Å². The molecule has 126 valence electrons. The fourth-order valence-corrected chi connectivity index (χ4v) is 2.50. The third-order valence-electron chi connectivity index (χ3n) is 3.79. The molecule has 1 aromatic heterocycles. The summed E-state index contributed by atoms with van der Waals surface area (Å²) in [6.07, 6.45) is 1.98. The first-order valence-electron chi connectivity index (χ1n) is 7.68. The van der Waals surface area contributed by atoms with Crippen molar-refractivity contribution in [2.24, 2.45) is 0 Å². The van der Waals surface area contributed by atoms with Gasteiger partial charge < -0.3 is 5.32 Å². The molecule has 25 heavy (non-hydrogen) atoms. The van der Waals surface area contributed by atoms with E-state index in [9.17, 15) is 14.9 Å². The summed E-state index contributed by atoms with van der Waals surface area (Å²) in [5.41, 5.74) is 2.98. The fourth-order valence-electron chi connectivity index (χ4n) is 2.50. The van der Waals surface area contributed by atoms with E-state index < -0.39 is 4.92 Å². The van der Waals surface area contributed by atoms with Crippen molar-refractivity contribution < 1.29 is 9.72 Å². The van der Waals surface area contributed by atoms with Gasteiger partial charge in [-0.1, -0.05) is 18.2 Å². The van der Waals surface area contributed by atoms with Gasteiger partial charge in [-0.3, -0.25) is 14.9 Å². The maximum atomic E-state index is 11.8. The number of nitro benzene ring substituents is 1. The van der Waals surface area contributed by atoms with Gasteiger partial charge in [0.1, 0.15) is 0 Å². The second-order valence-electron chi connectivity index (χ2n) is 5.44. The van der Waals surface area contributed by atoms with E-state index in [2.05, 4.69) is 10.4 Å². The summed E-state index contributed by atoms with van der Waals surface area (Å²) >= 11 is 0. The summed E-state index contributed by atoms with van der Waals surface area (Å²) in [5.74, 6) is -0.129. The lowest BCUT2D eigenvalue weighted by Crippen LogP contribution is -2.20. The molecule has 1 heterocycles. The average Bonchev–Trinajstić information content (AvgIpc) is 3.06. The molecule has 0 radical (unpaired) electrons. The predicted octanol–water partition coefficient (Wildman–Crippen LogP) is 2.74. The Labute approximate surface area is 144 Å². The van der Waals surface area contributed by atoms with E-state index in [1.54, 1.807) is 30.1 Å². The van der Waals surface area contributed by atoms with Crippen molar-refractivity contribution in [2.75, 3.05) is 7.05 Å². The predicted molar refractivity (Wildman–Crippen MR) is 93.4 cm³/mol. The molecule has 1 N–H and O–H groups in total. The Balaban J connectivity index is 2.05. The number of benzene rings is 2. The number of aromatic nitrogens is 2. The van der Waals surface area contributed by atoms with Crippen molar-refractivity contribution in [3.8, 4) is 16.9 Å². The van der Waals surface area contributed by atoms with Crippen molar-refractivity contribution in [2.45, 2.75) is 6.42 Å². The topological polar surface area (TPSA) is 90.1 Å². The minimum Gasteiger partial charge on any atom is -0.359 e. The largest absolute Gasteiger partial charge is 0.359 e. The summed E-state index contributed by atoms with van der Waals surface area (Å²) in [7, 11) is 1.58. The molecule has 3 rings (SSSR count). The number of nitro groups is 1. The van der Waals surface area contributed by atoms with Crippen LogP contribution in [-0.4, -0.2) is 27.7 Å². The van der Waals surface area contributed by atoms with Gasteiger partial charge >= 0.3 is 0 Å². The number of likely N-dealkylation sites (N-methyl/N-ethyl adjacent to an activating group) is 1. The van der Waals surface area contributed by atoms with Gasteiger partial charge in [0.2, 0.25) is 5.91 Å². The molecular formula is C18H16N4O3. The third-order valence-corrected chi connectivity index (χ3v) is 3.79. The zero-order valence-electron chi connectivity index (χ0n) is 13.5. The number of rotatable bonds is 5. The second-order valence-corrected chi connectivity index (χ2v) is 5.44. The molecule has 0 atom stereocenters. The molecule has 0 aliphatic heterocycles. The summed E-state index contributed by atoms with van der Waals surface area (Å²) in [6.45, 7) is 0. The van der Waals surface area contributed by atoms with E-state index in [4.69, 9.17) is 0 Å². The first kappa shape index (κ1) is 16.4. The van der Waals surface area contributed by atoms with E-state index in [1.807, 2.05) is 30.3 Å². The fraction of sp³-hybridized carbons (Fsp3) is 0.111. The van der Waals surface area contributed by atoms with Crippen LogP contribution < -0.4 is 5.32 Å². The number of non-ortho nitro benzene ring substituents is 1. The number of para-hydroxylation sites is 1. The molecule has 0 saturated heterocycles. The van der Waals surface area contributed by atoms with Crippen LogP contribution in [0.1, 0.15) is 5.56 Å². The Morgan fingerprint density at radius 3 is 2.44 bits per heavy atom. The van der Waals surface area contributed by atoms with Crippen molar-refractivity contribution in [1.29, 1.82) is 0 Å². The van der Waals surface area contributed by atoms with Gasteiger partial charge in [0.05, 0.1) is 22.7 Å². The minimum absolute atomic E-state index is 0.0130. The number of hydrogen-bond acceptors (Lipinski definition) is 4. The van der Waals surface area contributed by atoms with Crippen LogP contribution in [0, 0.1) is 10.1 Å². The van der Waals surface area contributed by atoms with Gasteiger partial charge in [-0.05, 0) is 24.3 Å². The summed E-state index contributed by atoms with van der Waals surface area (Å²) in [5, 5.41) is 18.0. The van der Waals surface area contributed by atoms with E-state index in [0.717, 1.165) is 16.8 Å². The van der Waals surface area contributed by atoms with E-state index >= 15 is 0 Å². The zero-order chi connectivity index (χ0) is 17.8. The summed E-state index contributed by atoms with van der Waals surface area (Å²) in [4.78, 5) is 22.2. The molecular weight excluding hydrogens is 320 g/mol. The number of carbonyl (C=O) groups is 1. The third kappa shape index (κ3) is 3.55. The van der Waals surface area contributed by atoms with Gasteiger partial charge in [-0.25, -0.2) is 4.68 Å². The van der Waals surface area contributed by atoms with E-state index in [-0.39, 0.29) is 18.0 Å². The van der Waals surface area contributed by atoms with Crippen molar-refractivity contribution in [1.82, 2.24) is 15.1 Å². The van der Waals surface area contributed by atoms with Crippen LogP contribution in [-0.2, 0) is 11.2 Å². The molecule has 3 aromatic rings. The standard InChI is InChI=1S/C18H16N4O3/c1-19-17(23)11-14-12-21(15-5-3-2-4-6-15)20-18(14)13-7-9-16(10-8-13)22(24)25/h2-10,12H,11H2,1H3,(H,19,23). The molecule has 0 saturated carbocycles. The lowest BCUT2D eigenvalue weighted by molar-refractivity contribution is -0.384. The maximum Gasteiger partial charge on any atom is 0.269 e. The lowest BCUT2D eigenvalue weighted by Gasteiger charge is -2.02. The van der Waals surface area contributed by atoms with Gasteiger partial charge in [0.25, 0.3) is 5.69 Å². The number of nitrogens with one attached hydrogen (secondary N) is 1. The van der Waals surface area contributed by atoms with Crippen molar-refractivity contribution in [3.63, 3.8) is 0 Å². The number of carbonyl (C=O) groups excluding carboxylic acids is 1. The van der Waals surface area contributed by atoms with E-state index in [0.29, 0.717) is 5.69 Å². The van der Waals surface area contributed by atoms with Gasteiger partial charge in [-0.15, -0.1) is 0 Å². The highest BCUT2D eigenvalue weighted by atomic mass is 16.6. The highest BCUT2D eigenvalue weighted by molar-refractivity contribution is 5.81. The monoisotopic (exact) mass is 336 g/mol.